The molecule has 0 radical (unpaired) electrons. The minimum absolute atomic E-state index is 0.377. The molecule has 1 saturated heterocycles. The van der Waals surface area contributed by atoms with Crippen LogP contribution in [-0.4, -0.2) is 36.9 Å². The lowest BCUT2D eigenvalue weighted by atomic mass is 9.86. The van der Waals surface area contributed by atoms with E-state index in [1.54, 1.807) is 0 Å². The van der Waals surface area contributed by atoms with Crippen LogP contribution in [0.2, 0.25) is 0 Å². The maximum atomic E-state index is 9.21. The monoisotopic (exact) mass is 288 g/mol. The summed E-state index contributed by atoms with van der Waals surface area (Å²) in [5.74, 6) is 0.558. The Balaban J connectivity index is 1.42. The van der Waals surface area contributed by atoms with E-state index >= 15 is 0 Å². The fourth-order valence-electron chi connectivity index (χ4n) is 3.79. The first kappa shape index (κ1) is 14.9. The van der Waals surface area contributed by atoms with Gasteiger partial charge in [-0.25, -0.2) is 0 Å². The zero-order chi connectivity index (χ0) is 14.5. The first-order valence-corrected chi connectivity index (χ1v) is 8.52. The second kappa shape index (κ2) is 7.28. The van der Waals surface area contributed by atoms with Crippen LogP contribution in [0.5, 0.6) is 0 Å². The number of hydrogen-bond donors (Lipinski definition) is 2. The molecule has 0 bridgehead atoms. The lowest BCUT2D eigenvalue weighted by Crippen LogP contribution is -2.47. The van der Waals surface area contributed by atoms with Crippen molar-refractivity contribution in [3.8, 4) is 0 Å². The highest BCUT2D eigenvalue weighted by Gasteiger charge is 2.25. The summed E-state index contributed by atoms with van der Waals surface area (Å²) in [6.45, 7) is 2.70. The smallest absolute Gasteiger partial charge is 0.0459 e. The van der Waals surface area contributed by atoms with Gasteiger partial charge in [0.05, 0.1) is 0 Å². The molecule has 1 aliphatic heterocycles. The van der Waals surface area contributed by atoms with Crippen LogP contribution < -0.4 is 10.2 Å². The van der Waals surface area contributed by atoms with E-state index in [0.717, 1.165) is 13.1 Å². The SMILES string of the molecule is OCC1CCC(NC2CCN(c3ccccc3)CC2)CC1. The maximum Gasteiger partial charge on any atom is 0.0459 e. The fraction of sp³-hybridized carbons (Fsp3) is 0.667. The zero-order valence-electron chi connectivity index (χ0n) is 12.9. The Morgan fingerprint density at radius 1 is 0.905 bits per heavy atom. The van der Waals surface area contributed by atoms with Gasteiger partial charge in [0.1, 0.15) is 0 Å². The number of aliphatic hydroxyl groups is 1. The van der Waals surface area contributed by atoms with E-state index in [1.165, 1.54) is 44.2 Å². The summed E-state index contributed by atoms with van der Waals surface area (Å²) in [6.07, 6.45) is 7.35. The van der Waals surface area contributed by atoms with E-state index < -0.39 is 0 Å². The van der Waals surface area contributed by atoms with Crippen molar-refractivity contribution in [1.82, 2.24) is 5.32 Å². The summed E-state index contributed by atoms with van der Waals surface area (Å²) >= 11 is 0. The number of para-hydroxylation sites is 1. The highest BCUT2D eigenvalue weighted by Crippen LogP contribution is 2.25. The Labute approximate surface area is 128 Å². The van der Waals surface area contributed by atoms with Crippen molar-refractivity contribution >= 4 is 5.69 Å². The molecule has 2 N–H and O–H groups in total. The van der Waals surface area contributed by atoms with Crippen molar-refractivity contribution in [2.24, 2.45) is 5.92 Å². The number of nitrogens with one attached hydrogen (secondary N) is 1. The standard InChI is InChI=1S/C18H28N2O/c21-14-15-6-8-16(9-7-15)19-17-10-12-20(13-11-17)18-4-2-1-3-5-18/h1-5,15-17,19,21H,6-14H2. The number of anilines is 1. The molecule has 0 unspecified atom stereocenters. The van der Waals surface area contributed by atoms with Crippen LogP contribution in [0.1, 0.15) is 38.5 Å². The molecule has 1 aromatic carbocycles. The molecule has 116 valence electrons. The van der Waals surface area contributed by atoms with Gasteiger partial charge in [0.25, 0.3) is 0 Å². The van der Waals surface area contributed by atoms with E-state index in [1.807, 2.05) is 0 Å². The van der Waals surface area contributed by atoms with Crippen molar-refractivity contribution < 1.29 is 5.11 Å². The predicted octanol–water partition coefficient (Wildman–Crippen LogP) is 2.80. The van der Waals surface area contributed by atoms with Gasteiger partial charge in [0, 0.05) is 37.5 Å². The lowest BCUT2D eigenvalue weighted by Gasteiger charge is -2.37. The largest absolute Gasteiger partial charge is 0.396 e. The van der Waals surface area contributed by atoms with Crippen LogP contribution in [-0.2, 0) is 0 Å². The topological polar surface area (TPSA) is 35.5 Å². The molecule has 2 aliphatic rings. The molecule has 0 spiro atoms. The summed E-state index contributed by atoms with van der Waals surface area (Å²) < 4.78 is 0. The van der Waals surface area contributed by atoms with Gasteiger partial charge in [0.2, 0.25) is 0 Å². The normalized spacial score (nSPS) is 27.8. The summed E-state index contributed by atoms with van der Waals surface area (Å²) in [4.78, 5) is 2.50. The Hall–Kier alpha value is -1.06. The van der Waals surface area contributed by atoms with Crippen LogP contribution in [0.4, 0.5) is 5.69 Å². The number of piperidine rings is 1. The van der Waals surface area contributed by atoms with Crippen LogP contribution in [0.15, 0.2) is 30.3 Å². The average molecular weight is 288 g/mol. The molecule has 3 rings (SSSR count). The molecule has 21 heavy (non-hydrogen) atoms. The maximum absolute atomic E-state index is 9.21. The Bertz CT molecular complexity index is 406. The highest BCUT2D eigenvalue weighted by molar-refractivity contribution is 5.46. The Kier molecular flexibility index (Phi) is 5.15. The zero-order valence-corrected chi connectivity index (χ0v) is 12.9. The van der Waals surface area contributed by atoms with Gasteiger partial charge >= 0.3 is 0 Å². The predicted molar refractivity (Wildman–Crippen MR) is 87.6 cm³/mol. The molecule has 1 aliphatic carbocycles. The highest BCUT2D eigenvalue weighted by atomic mass is 16.3. The molecule has 3 heteroatoms. The van der Waals surface area contributed by atoms with Crippen LogP contribution in [0.3, 0.4) is 0 Å². The van der Waals surface area contributed by atoms with Crippen LogP contribution in [0.25, 0.3) is 0 Å². The number of hydrogen-bond acceptors (Lipinski definition) is 3. The average Bonchev–Trinajstić information content (AvgIpc) is 2.57. The second-order valence-corrected chi connectivity index (χ2v) is 6.66. The van der Waals surface area contributed by atoms with Crippen molar-refractivity contribution in [2.45, 2.75) is 50.6 Å². The van der Waals surface area contributed by atoms with Gasteiger partial charge in [0.15, 0.2) is 0 Å². The summed E-state index contributed by atoms with van der Waals surface area (Å²) in [5, 5.41) is 13.1. The summed E-state index contributed by atoms with van der Waals surface area (Å²) in [6, 6.07) is 12.1. The first-order chi connectivity index (χ1) is 10.3. The molecule has 0 amide bonds. The van der Waals surface area contributed by atoms with Crippen molar-refractivity contribution in [2.75, 3.05) is 24.6 Å². The molecular weight excluding hydrogens is 260 g/mol. The van der Waals surface area contributed by atoms with Gasteiger partial charge in [-0.05, 0) is 56.6 Å². The number of aliphatic hydroxyl groups excluding tert-OH is 1. The van der Waals surface area contributed by atoms with E-state index in [0.29, 0.717) is 24.6 Å². The minimum atomic E-state index is 0.377. The van der Waals surface area contributed by atoms with Crippen molar-refractivity contribution in [3.63, 3.8) is 0 Å². The number of rotatable bonds is 4. The first-order valence-electron chi connectivity index (χ1n) is 8.52. The van der Waals surface area contributed by atoms with Gasteiger partial charge in [-0.3, -0.25) is 0 Å². The van der Waals surface area contributed by atoms with Gasteiger partial charge in [-0.1, -0.05) is 18.2 Å². The molecule has 2 fully saturated rings. The molecule has 0 aromatic heterocycles. The third kappa shape index (κ3) is 3.98. The number of nitrogens with zero attached hydrogens (tertiary/aromatic N) is 1. The van der Waals surface area contributed by atoms with Crippen molar-refractivity contribution in [3.05, 3.63) is 30.3 Å². The molecule has 0 atom stereocenters. The van der Waals surface area contributed by atoms with E-state index in [4.69, 9.17) is 0 Å². The number of benzene rings is 1. The molecule has 1 saturated carbocycles. The Morgan fingerprint density at radius 3 is 2.14 bits per heavy atom. The second-order valence-electron chi connectivity index (χ2n) is 6.66. The minimum Gasteiger partial charge on any atom is -0.396 e. The van der Waals surface area contributed by atoms with Gasteiger partial charge in [-0.2, -0.15) is 0 Å². The van der Waals surface area contributed by atoms with Crippen LogP contribution >= 0.6 is 0 Å². The molecule has 1 heterocycles. The van der Waals surface area contributed by atoms with E-state index in [9.17, 15) is 5.11 Å². The van der Waals surface area contributed by atoms with Gasteiger partial charge < -0.3 is 15.3 Å². The molecular formula is C18H28N2O. The summed E-state index contributed by atoms with van der Waals surface area (Å²) in [7, 11) is 0. The third-order valence-electron chi connectivity index (χ3n) is 5.19. The van der Waals surface area contributed by atoms with Crippen molar-refractivity contribution in [1.29, 1.82) is 0 Å². The Morgan fingerprint density at radius 2 is 1.52 bits per heavy atom. The third-order valence-corrected chi connectivity index (χ3v) is 5.19. The van der Waals surface area contributed by atoms with E-state index in [2.05, 4.69) is 40.5 Å². The van der Waals surface area contributed by atoms with Gasteiger partial charge in [-0.15, -0.1) is 0 Å². The fourth-order valence-corrected chi connectivity index (χ4v) is 3.79. The quantitative estimate of drug-likeness (QED) is 0.894. The van der Waals surface area contributed by atoms with Crippen LogP contribution in [0, 0.1) is 5.92 Å². The summed E-state index contributed by atoms with van der Waals surface area (Å²) in [5.41, 5.74) is 1.36. The molecule has 3 nitrogen and oxygen atoms in total. The lowest BCUT2D eigenvalue weighted by molar-refractivity contribution is 0.169. The van der Waals surface area contributed by atoms with E-state index in [-0.39, 0.29) is 0 Å². The molecule has 1 aromatic rings.